The number of nitrogens with zero attached hydrogens (tertiary/aromatic N) is 2. The standard InChI is InChI=1S/C16H14N2O2/c1-11-7-9-12(10-8-11)18-14-6-4-3-5-13(14)15(17-18)16(19)20-2/h3-10H,1-2H3. The van der Waals surface area contributed by atoms with Crippen LogP contribution < -0.4 is 0 Å². The summed E-state index contributed by atoms with van der Waals surface area (Å²) in [5.41, 5.74) is 3.32. The molecule has 0 atom stereocenters. The number of aryl methyl sites for hydroxylation is 1. The number of aromatic nitrogens is 2. The molecule has 0 fully saturated rings. The maximum atomic E-state index is 11.8. The second kappa shape index (κ2) is 4.81. The van der Waals surface area contributed by atoms with Crippen LogP contribution >= 0.6 is 0 Å². The van der Waals surface area contributed by atoms with Crippen LogP contribution in [0, 0.1) is 6.92 Å². The summed E-state index contributed by atoms with van der Waals surface area (Å²) in [4.78, 5) is 11.8. The van der Waals surface area contributed by atoms with Crippen molar-refractivity contribution >= 4 is 16.9 Å². The number of benzene rings is 2. The van der Waals surface area contributed by atoms with E-state index in [1.54, 1.807) is 4.68 Å². The van der Waals surface area contributed by atoms with Crippen LogP contribution in [0.4, 0.5) is 0 Å². The molecule has 4 nitrogen and oxygen atoms in total. The molecule has 1 aromatic heterocycles. The van der Waals surface area contributed by atoms with Gasteiger partial charge >= 0.3 is 5.97 Å². The first-order chi connectivity index (χ1) is 9.70. The van der Waals surface area contributed by atoms with Crippen LogP contribution in [-0.4, -0.2) is 22.9 Å². The smallest absolute Gasteiger partial charge is 0.359 e. The lowest BCUT2D eigenvalue weighted by atomic mass is 10.2. The van der Waals surface area contributed by atoms with Gasteiger partial charge in [-0.2, -0.15) is 5.10 Å². The SMILES string of the molecule is COC(=O)c1nn(-c2ccc(C)cc2)c2ccccc12. The normalized spacial score (nSPS) is 10.7. The van der Waals surface area contributed by atoms with Gasteiger partial charge in [0, 0.05) is 5.39 Å². The Morgan fingerprint density at radius 3 is 2.50 bits per heavy atom. The molecule has 1 heterocycles. The zero-order chi connectivity index (χ0) is 14.1. The zero-order valence-electron chi connectivity index (χ0n) is 11.3. The minimum atomic E-state index is -0.424. The van der Waals surface area contributed by atoms with Gasteiger partial charge in [0.1, 0.15) is 0 Å². The van der Waals surface area contributed by atoms with Crippen molar-refractivity contribution in [1.82, 2.24) is 9.78 Å². The highest BCUT2D eigenvalue weighted by Crippen LogP contribution is 2.22. The van der Waals surface area contributed by atoms with Crippen molar-refractivity contribution in [2.75, 3.05) is 7.11 Å². The van der Waals surface area contributed by atoms with Crippen molar-refractivity contribution < 1.29 is 9.53 Å². The van der Waals surface area contributed by atoms with Gasteiger partial charge in [0.2, 0.25) is 0 Å². The average Bonchev–Trinajstić information content (AvgIpc) is 2.87. The first-order valence-corrected chi connectivity index (χ1v) is 6.34. The molecule has 20 heavy (non-hydrogen) atoms. The molecule has 0 saturated heterocycles. The number of methoxy groups -OCH3 is 1. The highest BCUT2D eigenvalue weighted by molar-refractivity contribution is 6.02. The number of para-hydroxylation sites is 1. The highest BCUT2D eigenvalue weighted by atomic mass is 16.5. The van der Waals surface area contributed by atoms with Gasteiger partial charge < -0.3 is 4.74 Å². The summed E-state index contributed by atoms with van der Waals surface area (Å²) >= 11 is 0. The summed E-state index contributed by atoms with van der Waals surface area (Å²) in [5.74, 6) is -0.424. The molecule has 0 radical (unpaired) electrons. The Hall–Kier alpha value is -2.62. The summed E-state index contributed by atoms with van der Waals surface area (Å²) in [6.45, 7) is 2.03. The lowest BCUT2D eigenvalue weighted by Crippen LogP contribution is -2.04. The molecule has 0 unspecified atom stereocenters. The van der Waals surface area contributed by atoms with E-state index in [0.717, 1.165) is 16.6 Å². The van der Waals surface area contributed by atoms with E-state index in [0.29, 0.717) is 5.69 Å². The van der Waals surface area contributed by atoms with Gasteiger partial charge in [0.05, 0.1) is 18.3 Å². The van der Waals surface area contributed by atoms with E-state index in [1.807, 2.05) is 55.5 Å². The fraction of sp³-hybridized carbons (Fsp3) is 0.125. The van der Waals surface area contributed by atoms with Gasteiger partial charge in [-0.05, 0) is 25.1 Å². The van der Waals surface area contributed by atoms with E-state index in [9.17, 15) is 4.79 Å². The number of rotatable bonds is 2. The third-order valence-corrected chi connectivity index (χ3v) is 3.24. The molecule has 0 bridgehead atoms. The Kier molecular flexibility index (Phi) is 2.99. The topological polar surface area (TPSA) is 44.1 Å². The minimum Gasteiger partial charge on any atom is -0.464 e. The monoisotopic (exact) mass is 266 g/mol. The lowest BCUT2D eigenvalue weighted by Gasteiger charge is -2.03. The number of ether oxygens (including phenoxy) is 1. The third-order valence-electron chi connectivity index (χ3n) is 3.24. The first kappa shape index (κ1) is 12.4. The Labute approximate surface area is 116 Å². The molecule has 0 amide bonds. The van der Waals surface area contributed by atoms with E-state index < -0.39 is 5.97 Å². The van der Waals surface area contributed by atoms with Gasteiger partial charge in [0.15, 0.2) is 5.69 Å². The molecule has 0 N–H and O–H groups in total. The van der Waals surface area contributed by atoms with E-state index in [-0.39, 0.29) is 0 Å². The molecule has 0 aliphatic rings. The number of hydrogen-bond acceptors (Lipinski definition) is 3. The van der Waals surface area contributed by atoms with Crippen LogP contribution in [-0.2, 0) is 4.74 Å². The molecule has 4 heteroatoms. The van der Waals surface area contributed by atoms with Crippen LogP contribution in [0.25, 0.3) is 16.6 Å². The molecule has 3 rings (SSSR count). The van der Waals surface area contributed by atoms with Gasteiger partial charge in [0.25, 0.3) is 0 Å². The summed E-state index contributed by atoms with van der Waals surface area (Å²) < 4.78 is 6.56. The van der Waals surface area contributed by atoms with Gasteiger partial charge in [-0.3, -0.25) is 0 Å². The largest absolute Gasteiger partial charge is 0.464 e. The lowest BCUT2D eigenvalue weighted by molar-refractivity contribution is 0.0595. The van der Waals surface area contributed by atoms with Crippen molar-refractivity contribution in [2.45, 2.75) is 6.92 Å². The van der Waals surface area contributed by atoms with Gasteiger partial charge in [-0.1, -0.05) is 35.9 Å². The molecule has 0 spiro atoms. The summed E-state index contributed by atoms with van der Waals surface area (Å²) in [6.07, 6.45) is 0. The fourth-order valence-corrected chi connectivity index (χ4v) is 2.20. The predicted octanol–water partition coefficient (Wildman–Crippen LogP) is 3.12. The number of esters is 1. The van der Waals surface area contributed by atoms with Crippen molar-refractivity contribution in [2.24, 2.45) is 0 Å². The molecule has 100 valence electrons. The maximum absolute atomic E-state index is 11.8. The Bertz CT molecular complexity index is 773. The summed E-state index contributed by atoms with van der Waals surface area (Å²) in [6, 6.07) is 15.6. The molecule has 3 aromatic rings. The second-order valence-corrected chi connectivity index (χ2v) is 4.60. The number of carbonyl (C=O) groups is 1. The molecular formula is C16H14N2O2. The van der Waals surface area contributed by atoms with Crippen LogP contribution in [0.5, 0.6) is 0 Å². The highest BCUT2D eigenvalue weighted by Gasteiger charge is 2.17. The number of carbonyl (C=O) groups excluding carboxylic acids is 1. The van der Waals surface area contributed by atoms with E-state index in [1.165, 1.54) is 12.7 Å². The zero-order valence-corrected chi connectivity index (χ0v) is 11.3. The number of fused-ring (bicyclic) bond motifs is 1. The Morgan fingerprint density at radius 1 is 1.10 bits per heavy atom. The van der Waals surface area contributed by atoms with Crippen molar-refractivity contribution in [1.29, 1.82) is 0 Å². The van der Waals surface area contributed by atoms with Crippen molar-refractivity contribution in [3.8, 4) is 5.69 Å². The van der Waals surface area contributed by atoms with E-state index >= 15 is 0 Å². The Morgan fingerprint density at radius 2 is 1.80 bits per heavy atom. The molecule has 2 aromatic carbocycles. The summed E-state index contributed by atoms with van der Waals surface area (Å²) in [7, 11) is 1.36. The van der Waals surface area contributed by atoms with Gasteiger partial charge in [-0.25, -0.2) is 9.48 Å². The van der Waals surface area contributed by atoms with Crippen molar-refractivity contribution in [3.05, 3.63) is 59.8 Å². The average molecular weight is 266 g/mol. The van der Waals surface area contributed by atoms with Crippen LogP contribution in [0.3, 0.4) is 0 Å². The van der Waals surface area contributed by atoms with E-state index in [2.05, 4.69) is 5.10 Å². The second-order valence-electron chi connectivity index (χ2n) is 4.60. The number of hydrogen-bond donors (Lipinski definition) is 0. The maximum Gasteiger partial charge on any atom is 0.359 e. The Balaban J connectivity index is 2.26. The predicted molar refractivity (Wildman–Crippen MR) is 77.1 cm³/mol. The third kappa shape index (κ3) is 1.95. The fourth-order valence-electron chi connectivity index (χ4n) is 2.20. The molecule has 0 aliphatic heterocycles. The van der Waals surface area contributed by atoms with Crippen LogP contribution in [0.2, 0.25) is 0 Å². The van der Waals surface area contributed by atoms with Crippen LogP contribution in [0.15, 0.2) is 48.5 Å². The molecule has 0 aliphatic carbocycles. The van der Waals surface area contributed by atoms with Crippen molar-refractivity contribution in [3.63, 3.8) is 0 Å². The van der Waals surface area contributed by atoms with E-state index in [4.69, 9.17) is 4.74 Å². The summed E-state index contributed by atoms with van der Waals surface area (Å²) in [5, 5.41) is 5.19. The van der Waals surface area contributed by atoms with Crippen LogP contribution in [0.1, 0.15) is 16.1 Å². The first-order valence-electron chi connectivity index (χ1n) is 6.34. The van der Waals surface area contributed by atoms with Gasteiger partial charge in [-0.15, -0.1) is 0 Å². The molecular weight excluding hydrogens is 252 g/mol. The minimum absolute atomic E-state index is 0.337. The quantitative estimate of drug-likeness (QED) is 0.669. The molecule has 0 saturated carbocycles.